The first kappa shape index (κ1) is 16.0. The van der Waals surface area contributed by atoms with E-state index < -0.39 is 0 Å². The molecule has 4 rings (SSSR count). The van der Waals surface area contributed by atoms with Crippen LogP contribution in [0, 0.1) is 0 Å². The summed E-state index contributed by atoms with van der Waals surface area (Å²) in [7, 11) is 0. The molecule has 1 fully saturated rings. The minimum absolute atomic E-state index is 0.0409. The van der Waals surface area contributed by atoms with Crippen molar-refractivity contribution in [2.45, 2.75) is 13.3 Å². The van der Waals surface area contributed by atoms with Crippen LogP contribution in [0.25, 0.3) is 0 Å². The Hall–Kier alpha value is -2.47. The van der Waals surface area contributed by atoms with Crippen molar-refractivity contribution in [3.63, 3.8) is 0 Å². The molecule has 0 spiro atoms. The van der Waals surface area contributed by atoms with E-state index in [2.05, 4.69) is 32.8 Å². The molecule has 1 aromatic heterocycles. The van der Waals surface area contributed by atoms with Crippen molar-refractivity contribution in [2.24, 2.45) is 0 Å². The number of piperazine rings is 1. The monoisotopic (exact) mass is 337 g/mol. The number of likely N-dealkylation sites (N-methyl/N-ethyl adjacent to an activating group) is 1. The number of fused-ring (bicyclic) bond motifs is 1. The fourth-order valence-electron chi connectivity index (χ4n) is 3.57. The summed E-state index contributed by atoms with van der Waals surface area (Å²) in [6, 6.07) is 9.80. The van der Waals surface area contributed by atoms with E-state index in [1.165, 1.54) is 5.56 Å². The summed E-state index contributed by atoms with van der Waals surface area (Å²) in [5.74, 6) is 0.620. The predicted molar refractivity (Wildman–Crippen MR) is 98.2 cm³/mol. The lowest BCUT2D eigenvalue weighted by Crippen LogP contribution is -2.46. The Kier molecular flexibility index (Phi) is 4.36. The van der Waals surface area contributed by atoms with Gasteiger partial charge in [0.25, 0.3) is 5.91 Å². The Morgan fingerprint density at radius 2 is 1.88 bits per heavy atom. The smallest absolute Gasteiger partial charge is 0.277 e. The van der Waals surface area contributed by atoms with Gasteiger partial charge in [-0.1, -0.05) is 25.1 Å². The Bertz CT molecular complexity index is 770. The first-order valence-corrected chi connectivity index (χ1v) is 8.96. The average Bonchev–Trinajstić information content (AvgIpc) is 3.12. The number of hydrogen-bond donors (Lipinski definition) is 0. The van der Waals surface area contributed by atoms with E-state index in [1.807, 2.05) is 23.1 Å². The molecule has 0 atom stereocenters. The Labute approximate surface area is 148 Å². The van der Waals surface area contributed by atoms with Crippen molar-refractivity contribution in [2.75, 3.05) is 49.1 Å². The van der Waals surface area contributed by atoms with Crippen molar-refractivity contribution in [1.29, 1.82) is 0 Å². The zero-order valence-electron chi connectivity index (χ0n) is 14.6. The van der Waals surface area contributed by atoms with E-state index in [4.69, 9.17) is 0 Å². The van der Waals surface area contributed by atoms with E-state index in [0.29, 0.717) is 18.2 Å². The third-order valence-corrected chi connectivity index (χ3v) is 5.10. The molecule has 1 aromatic carbocycles. The van der Waals surface area contributed by atoms with E-state index in [1.54, 1.807) is 12.3 Å². The first-order valence-electron chi connectivity index (χ1n) is 8.96. The van der Waals surface area contributed by atoms with Crippen LogP contribution >= 0.6 is 0 Å². The minimum atomic E-state index is -0.0409. The van der Waals surface area contributed by atoms with Gasteiger partial charge >= 0.3 is 0 Å². The lowest BCUT2D eigenvalue weighted by atomic mass is 10.2. The number of benzene rings is 1. The van der Waals surface area contributed by atoms with Gasteiger partial charge in [-0.2, -0.15) is 0 Å². The number of aromatic nitrogens is 2. The maximum Gasteiger partial charge on any atom is 0.277 e. The van der Waals surface area contributed by atoms with Gasteiger partial charge in [0.05, 0.1) is 0 Å². The minimum Gasteiger partial charge on any atom is -0.338 e. The molecule has 0 aliphatic carbocycles. The lowest BCUT2D eigenvalue weighted by molar-refractivity contribution is 0.0984. The SMILES string of the molecule is CCN1CCN(c2nccc(C(=O)N3CCc4ccccc43)n2)CC1. The number of amides is 1. The molecule has 6 heteroatoms. The molecule has 0 bridgehead atoms. The third kappa shape index (κ3) is 3.09. The van der Waals surface area contributed by atoms with E-state index in [9.17, 15) is 4.79 Å². The fourth-order valence-corrected chi connectivity index (χ4v) is 3.57. The van der Waals surface area contributed by atoms with Gasteiger partial charge in [0.15, 0.2) is 0 Å². The van der Waals surface area contributed by atoms with Crippen molar-refractivity contribution in [3.05, 3.63) is 47.8 Å². The molecule has 130 valence electrons. The number of carbonyl (C=O) groups is 1. The van der Waals surface area contributed by atoms with Gasteiger partial charge in [-0.3, -0.25) is 4.79 Å². The number of anilines is 2. The standard InChI is InChI=1S/C19H23N5O/c1-2-22-11-13-23(14-12-22)19-20-9-7-16(21-19)18(25)24-10-8-15-5-3-4-6-17(15)24/h3-7,9H,2,8,10-14H2,1H3. The summed E-state index contributed by atoms with van der Waals surface area (Å²) < 4.78 is 0. The van der Waals surface area contributed by atoms with Crippen LogP contribution in [0.4, 0.5) is 11.6 Å². The summed E-state index contributed by atoms with van der Waals surface area (Å²) in [6.07, 6.45) is 2.60. The number of nitrogens with zero attached hydrogens (tertiary/aromatic N) is 5. The first-order chi connectivity index (χ1) is 12.3. The van der Waals surface area contributed by atoms with E-state index >= 15 is 0 Å². The van der Waals surface area contributed by atoms with Crippen LogP contribution < -0.4 is 9.80 Å². The van der Waals surface area contributed by atoms with Crippen LogP contribution in [0.3, 0.4) is 0 Å². The highest BCUT2D eigenvalue weighted by molar-refractivity contribution is 6.06. The van der Waals surface area contributed by atoms with Crippen LogP contribution in [-0.2, 0) is 6.42 Å². The summed E-state index contributed by atoms with van der Waals surface area (Å²) in [4.78, 5) is 28.3. The molecule has 3 heterocycles. The molecule has 1 amide bonds. The number of rotatable bonds is 3. The van der Waals surface area contributed by atoms with Gasteiger partial charge < -0.3 is 14.7 Å². The number of hydrogen-bond acceptors (Lipinski definition) is 5. The highest BCUT2D eigenvalue weighted by Crippen LogP contribution is 2.28. The largest absolute Gasteiger partial charge is 0.338 e. The van der Waals surface area contributed by atoms with Crippen LogP contribution in [0.2, 0.25) is 0 Å². The zero-order valence-corrected chi connectivity index (χ0v) is 14.6. The molecule has 1 saturated heterocycles. The quantitative estimate of drug-likeness (QED) is 0.855. The summed E-state index contributed by atoms with van der Waals surface area (Å²) in [5, 5.41) is 0. The second kappa shape index (κ2) is 6.80. The molecule has 25 heavy (non-hydrogen) atoms. The fraction of sp³-hybridized carbons (Fsp3) is 0.421. The maximum atomic E-state index is 13.0. The zero-order chi connectivity index (χ0) is 17.2. The highest BCUT2D eigenvalue weighted by Gasteiger charge is 2.27. The normalized spacial score (nSPS) is 17.6. The third-order valence-electron chi connectivity index (χ3n) is 5.10. The molecule has 6 nitrogen and oxygen atoms in total. The molecule has 0 saturated carbocycles. The molecule has 2 aromatic rings. The molecule has 2 aliphatic heterocycles. The molecule has 0 N–H and O–H groups in total. The topological polar surface area (TPSA) is 52.6 Å². The second-order valence-electron chi connectivity index (χ2n) is 6.50. The maximum absolute atomic E-state index is 13.0. The van der Waals surface area contributed by atoms with Gasteiger partial charge in [0, 0.05) is 44.6 Å². The lowest BCUT2D eigenvalue weighted by Gasteiger charge is -2.34. The van der Waals surface area contributed by atoms with Crippen molar-refractivity contribution < 1.29 is 4.79 Å². The number of carbonyl (C=O) groups excluding carboxylic acids is 1. The van der Waals surface area contributed by atoms with Gasteiger partial charge in [-0.05, 0) is 30.7 Å². The molecule has 2 aliphatic rings. The van der Waals surface area contributed by atoms with Crippen LogP contribution in [0.1, 0.15) is 23.0 Å². The molecular weight excluding hydrogens is 314 g/mol. The Balaban J connectivity index is 1.53. The van der Waals surface area contributed by atoms with Gasteiger partial charge in [0.1, 0.15) is 5.69 Å². The van der Waals surface area contributed by atoms with Crippen molar-refractivity contribution in [1.82, 2.24) is 14.9 Å². The van der Waals surface area contributed by atoms with Crippen LogP contribution in [0.5, 0.6) is 0 Å². The summed E-state index contributed by atoms with van der Waals surface area (Å²) >= 11 is 0. The van der Waals surface area contributed by atoms with Gasteiger partial charge in [-0.15, -0.1) is 0 Å². The summed E-state index contributed by atoms with van der Waals surface area (Å²) in [5.41, 5.74) is 2.70. The van der Waals surface area contributed by atoms with Gasteiger partial charge in [0.2, 0.25) is 5.95 Å². The van der Waals surface area contributed by atoms with Crippen LogP contribution in [-0.4, -0.2) is 60.0 Å². The second-order valence-corrected chi connectivity index (χ2v) is 6.50. The Morgan fingerprint density at radius 1 is 1.08 bits per heavy atom. The summed E-state index contributed by atoms with van der Waals surface area (Å²) in [6.45, 7) is 7.79. The van der Waals surface area contributed by atoms with E-state index in [-0.39, 0.29) is 5.91 Å². The van der Waals surface area contributed by atoms with Gasteiger partial charge in [-0.25, -0.2) is 9.97 Å². The Morgan fingerprint density at radius 3 is 2.68 bits per heavy atom. The highest BCUT2D eigenvalue weighted by atomic mass is 16.2. The molecule has 0 unspecified atom stereocenters. The predicted octanol–water partition coefficient (Wildman–Crippen LogP) is 1.82. The average molecular weight is 337 g/mol. The van der Waals surface area contributed by atoms with Crippen LogP contribution in [0.15, 0.2) is 36.5 Å². The molecule has 0 radical (unpaired) electrons. The van der Waals surface area contributed by atoms with Crippen molar-refractivity contribution in [3.8, 4) is 0 Å². The molecular formula is C19H23N5O. The van der Waals surface area contributed by atoms with Crippen molar-refractivity contribution >= 4 is 17.5 Å². The number of para-hydroxylation sites is 1. The van der Waals surface area contributed by atoms with E-state index in [0.717, 1.165) is 44.8 Å².